The molecule has 2 rings (SSSR count). The van der Waals surface area contributed by atoms with Gasteiger partial charge in [0.25, 0.3) is 0 Å². The minimum atomic E-state index is -0.193. The zero-order valence-corrected chi connectivity index (χ0v) is 15.9. The van der Waals surface area contributed by atoms with E-state index in [1.54, 1.807) is 0 Å². The summed E-state index contributed by atoms with van der Waals surface area (Å²) in [5.41, 5.74) is 1.01. The van der Waals surface area contributed by atoms with Crippen molar-refractivity contribution >= 4 is 11.8 Å². The van der Waals surface area contributed by atoms with Crippen molar-refractivity contribution in [3.8, 4) is 0 Å². The highest BCUT2D eigenvalue weighted by Gasteiger charge is 2.35. The van der Waals surface area contributed by atoms with E-state index in [-0.39, 0.29) is 23.8 Å². The molecule has 4 nitrogen and oxygen atoms in total. The zero-order valence-electron chi connectivity index (χ0n) is 15.9. The highest BCUT2D eigenvalue weighted by Crippen LogP contribution is 2.38. The maximum atomic E-state index is 12.9. The quantitative estimate of drug-likeness (QED) is 0.827. The number of nitrogens with one attached hydrogen (secondary N) is 2. The van der Waals surface area contributed by atoms with Crippen LogP contribution in [0.2, 0.25) is 0 Å². The molecule has 1 aliphatic rings. The van der Waals surface area contributed by atoms with Gasteiger partial charge in [0.05, 0.1) is 6.04 Å². The van der Waals surface area contributed by atoms with Crippen LogP contribution in [0, 0.1) is 23.7 Å². The summed E-state index contributed by atoms with van der Waals surface area (Å²) in [6.45, 7) is 8.60. The summed E-state index contributed by atoms with van der Waals surface area (Å²) < 4.78 is 0. The van der Waals surface area contributed by atoms with Crippen molar-refractivity contribution in [3.63, 3.8) is 0 Å². The molecule has 2 unspecified atom stereocenters. The fourth-order valence-electron chi connectivity index (χ4n) is 4.02. The lowest BCUT2D eigenvalue weighted by atomic mass is 9.70. The Morgan fingerprint density at radius 2 is 1.84 bits per heavy atom. The Kier molecular flexibility index (Phi) is 7.03. The number of carbonyl (C=O) groups is 2. The van der Waals surface area contributed by atoms with Crippen LogP contribution in [0.3, 0.4) is 0 Å². The first-order chi connectivity index (χ1) is 11.9. The Hall–Kier alpha value is -1.84. The van der Waals surface area contributed by atoms with E-state index in [9.17, 15) is 9.59 Å². The lowest BCUT2D eigenvalue weighted by Crippen LogP contribution is -2.43. The molecular formula is C21H32N2O2. The van der Waals surface area contributed by atoms with Gasteiger partial charge < -0.3 is 10.6 Å². The Bertz CT molecular complexity index is 571. The van der Waals surface area contributed by atoms with Crippen LogP contribution in [0.4, 0.5) is 0 Å². The second kappa shape index (κ2) is 9.02. The Labute approximate surface area is 151 Å². The zero-order chi connectivity index (χ0) is 18.4. The van der Waals surface area contributed by atoms with E-state index in [0.29, 0.717) is 24.3 Å². The summed E-state index contributed by atoms with van der Waals surface area (Å²) in [6, 6.07) is 9.61. The average molecular weight is 344 g/mol. The van der Waals surface area contributed by atoms with E-state index in [4.69, 9.17) is 0 Å². The highest BCUT2D eigenvalue weighted by molar-refractivity contribution is 5.79. The number of carbonyl (C=O) groups excluding carboxylic acids is 2. The molecule has 0 radical (unpaired) electrons. The molecule has 4 atom stereocenters. The lowest BCUT2D eigenvalue weighted by Gasteiger charge is -2.36. The van der Waals surface area contributed by atoms with E-state index in [1.165, 1.54) is 13.3 Å². The summed E-state index contributed by atoms with van der Waals surface area (Å²) in [5, 5.41) is 6.05. The summed E-state index contributed by atoms with van der Waals surface area (Å²) in [7, 11) is 0. The third kappa shape index (κ3) is 5.58. The first-order valence-electron chi connectivity index (χ1n) is 9.48. The second-order valence-electron chi connectivity index (χ2n) is 7.84. The smallest absolute Gasteiger partial charge is 0.223 e. The maximum Gasteiger partial charge on any atom is 0.223 e. The molecule has 0 saturated heterocycles. The number of benzene rings is 1. The van der Waals surface area contributed by atoms with Crippen molar-refractivity contribution < 1.29 is 9.59 Å². The van der Waals surface area contributed by atoms with Gasteiger partial charge in [0.15, 0.2) is 0 Å². The minimum absolute atomic E-state index is 0.0810. The third-order valence-electron chi connectivity index (χ3n) is 5.42. The van der Waals surface area contributed by atoms with Crippen LogP contribution >= 0.6 is 0 Å². The largest absolute Gasteiger partial charge is 0.353 e. The highest BCUT2D eigenvalue weighted by atomic mass is 16.2. The van der Waals surface area contributed by atoms with E-state index < -0.39 is 0 Å². The van der Waals surface area contributed by atoms with Gasteiger partial charge >= 0.3 is 0 Å². The molecule has 138 valence electrons. The van der Waals surface area contributed by atoms with Crippen molar-refractivity contribution in [2.45, 2.75) is 53.0 Å². The van der Waals surface area contributed by atoms with Crippen LogP contribution in [0.5, 0.6) is 0 Å². The molecule has 0 bridgehead atoms. The molecular weight excluding hydrogens is 312 g/mol. The normalized spacial score (nSPS) is 24.6. The molecule has 1 aliphatic carbocycles. The van der Waals surface area contributed by atoms with Gasteiger partial charge in [-0.25, -0.2) is 0 Å². The molecule has 1 aromatic carbocycles. The van der Waals surface area contributed by atoms with Gasteiger partial charge in [-0.1, -0.05) is 57.5 Å². The van der Waals surface area contributed by atoms with Crippen LogP contribution in [-0.4, -0.2) is 18.4 Å². The molecule has 0 heterocycles. The Morgan fingerprint density at radius 3 is 2.44 bits per heavy atom. The number of hydrogen-bond donors (Lipinski definition) is 2. The molecule has 1 aromatic rings. The molecule has 0 spiro atoms. The van der Waals surface area contributed by atoms with Crippen molar-refractivity contribution in [3.05, 3.63) is 35.9 Å². The van der Waals surface area contributed by atoms with Crippen molar-refractivity contribution in [1.29, 1.82) is 0 Å². The molecule has 1 saturated carbocycles. The van der Waals surface area contributed by atoms with Crippen LogP contribution in [0.25, 0.3) is 0 Å². The van der Waals surface area contributed by atoms with Crippen molar-refractivity contribution in [2.24, 2.45) is 23.7 Å². The summed E-state index contributed by atoms with van der Waals surface area (Å²) >= 11 is 0. The van der Waals surface area contributed by atoms with E-state index in [1.807, 2.05) is 30.3 Å². The number of amides is 2. The first-order valence-corrected chi connectivity index (χ1v) is 9.48. The molecule has 2 N–H and O–H groups in total. The number of rotatable bonds is 6. The maximum absolute atomic E-state index is 12.9. The second-order valence-corrected chi connectivity index (χ2v) is 7.84. The van der Waals surface area contributed by atoms with Crippen LogP contribution < -0.4 is 10.6 Å². The van der Waals surface area contributed by atoms with Crippen LogP contribution in [-0.2, 0) is 9.59 Å². The van der Waals surface area contributed by atoms with Gasteiger partial charge in [-0.05, 0) is 36.2 Å². The Balaban J connectivity index is 2.03. The molecule has 0 aromatic heterocycles. The monoisotopic (exact) mass is 344 g/mol. The average Bonchev–Trinajstić information content (AvgIpc) is 2.58. The van der Waals surface area contributed by atoms with Crippen molar-refractivity contribution in [1.82, 2.24) is 10.6 Å². The molecule has 0 aliphatic heterocycles. The molecule has 25 heavy (non-hydrogen) atoms. The van der Waals surface area contributed by atoms with Gasteiger partial charge in [-0.2, -0.15) is 0 Å². The summed E-state index contributed by atoms with van der Waals surface area (Å²) in [4.78, 5) is 24.4. The van der Waals surface area contributed by atoms with Gasteiger partial charge in [0.2, 0.25) is 11.8 Å². The lowest BCUT2D eigenvalue weighted by molar-refractivity contribution is -0.129. The fourth-order valence-corrected chi connectivity index (χ4v) is 4.02. The van der Waals surface area contributed by atoms with Crippen LogP contribution in [0.15, 0.2) is 30.3 Å². The van der Waals surface area contributed by atoms with E-state index >= 15 is 0 Å². The molecule has 2 amide bonds. The van der Waals surface area contributed by atoms with Gasteiger partial charge in [0.1, 0.15) is 0 Å². The van der Waals surface area contributed by atoms with Gasteiger partial charge in [0, 0.05) is 19.4 Å². The van der Waals surface area contributed by atoms with Gasteiger partial charge in [-0.15, -0.1) is 0 Å². The number of hydrogen-bond acceptors (Lipinski definition) is 2. The molecule has 4 heteroatoms. The predicted octanol–water partition coefficient (Wildman–Crippen LogP) is 3.69. The standard InChI is InChI=1S/C21H32N2O2/c1-14(2)18-11-10-15(3)12-19(18)21(25)22-13-20(23-16(4)24)17-8-6-5-7-9-17/h5-9,14-15,18-20H,10-13H2,1-4H3,(H,22,25)(H,23,24)/t15-,18+,19?,20?/m1/s1. The van der Waals surface area contributed by atoms with E-state index in [0.717, 1.165) is 18.4 Å². The topological polar surface area (TPSA) is 58.2 Å². The Morgan fingerprint density at radius 1 is 1.16 bits per heavy atom. The van der Waals surface area contributed by atoms with Crippen molar-refractivity contribution in [2.75, 3.05) is 6.54 Å². The fraction of sp³-hybridized carbons (Fsp3) is 0.619. The summed E-state index contributed by atoms with van der Waals surface area (Å²) in [5.74, 6) is 1.70. The van der Waals surface area contributed by atoms with Gasteiger partial charge in [-0.3, -0.25) is 9.59 Å². The van der Waals surface area contributed by atoms with Crippen LogP contribution in [0.1, 0.15) is 58.6 Å². The summed E-state index contributed by atoms with van der Waals surface area (Å²) in [6.07, 6.45) is 3.31. The SMILES string of the molecule is CC(=O)NC(CNC(=O)C1C[C@H](C)CC[C@H]1C(C)C)c1ccccc1. The minimum Gasteiger partial charge on any atom is -0.353 e. The van der Waals surface area contributed by atoms with E-state index in [2.05, 4.69) is 31.4 Å². The third-order valence-corrected chi connectivity index (χ3v) is 5.42. The first kappa shape index (κ1) is 19.5. The molecule has 1 fully saturated rings. The predicted molar refractivity (Wildman–Crippen MR) is 101 cm³/mol.